The van der Waals surface area contributed by atoms with Gasteiger partial charge in [0.25, 0.3) is 10.0 Å². The van der Waals surface area contributed by atoms with Crippen LogP contribution in [0.15, 0.2) is 46.2 Å². The Morgan fingerprint density at radius 3 is 2.74 bits per heavy atom. The van der Waals surface area contributed by atoms with Crippen LogP contribution in [0.3, 0.4) is 0 Å². The quantitative estimate of drug-likeness (QED) is 0.570. The number of aromatic nitrogens is 2. The average molecular weight is 344 g/mol. The number of hydrogen-bond acceptors (Lipinski definition) is 6. The molecule has 0 unspecified atom stereocenters. The summed E-state index contributed by atoms with van der Waals surface area (Å²) in [6, 6.07) is 4.45. The summed E-state index contributed by atoms with van der Waals surface area (Å²) in [4.78, 5) is 7.66. The van der Waals surface area contributed by atoms with Gasteiger partial charge in [0.15, 0.2) is 5.82 Å². The van der Waals surface area contributed by atoms with E-state index in [9.17, 15) is 8.42 Å². The largest absolute Gasteiger partial charge is 0.307 e. The van der Waals surface area contributed by atoms with Gasteiger partial charge in [-0.15, -0.1) is 0 Å². The van der Waals surface area contributed by atoms with Crippen LogP contribution >= 0.6 is 15.9 Å². The highest BCUT2D eigenvalue weighted by atomic mass is 79.9. The SMILES string of the molecule is NNc1ncccc1S(=O)(=O)Nc1ccncc1Br. The first-order valence-corrected chi connectivity index (χ1v) is 7.36. The Kier molecular flexibility index (Phi) is 3.98. The number of halogens is 1. The van der Waals surface area contributed by atoms with Gasteiger partial charge in [0.05, 0.1) is 10.2 Å². The van der Waals surface area contributed by atoms with Crippen LogP contribution in [-0.2, 0) is 10.0 Å². The summed E-state index contributed by atoms with van der Waals surface area (Å²) in [5.74, 6) is 5.32. The van der Waals surface area contributed by atoms with E-state index in [0.29, 0.717) is 10.2 Å². The fraction of sp³-hybridized carbons (Fsp3) is 0. The number of nitrogen functional groups attached to an aromatic ring is 1. The number of rotatable bonds is 4. The summed E-state index contributed by atoms with van der Waals surface area (Å²) in [6.45, 7) is 0. The summed E-state index contributed by atoms with van der Waals surface area (Å²) in [6.07, 6.45) is 4.41. The molecule has 0 amide bonds. The predicted molar refractivity (Wildman–Crippen MR) is 74.8 cm³/mol. The fourth-order valence-corrected chi connectivity index (χ4v) is 3.06. The Bertz CT molecular complexity index is 692. The van der Waals surface area contributed by atoms with E-state index in [2.05, 4.69) is 36.0 Å². The van der Waals surface area contributed by atoms with Crippen molar-refractivity contribution in [2.45, 2.75) is 4.90 Å². The van der Waals surface area contributed by atoms with Crippen molar-refractivity contribution in [3.8, 4) is 0 Å². The highest BCUT2D eigenvalue weighted by molar-refractivity contribution is 9.10. The normalized spacial score (nSPS) is 11.1. The second kappa shape index (κ2) is 5.51. The monoisotopic (exact) mass is 343 g/mol. The third-order valence-corrected chi connectivity index (χ3v) is 4.24. The molecule has 2 aromatic heterocycles. The maximum absolute atomic E-state index is 12.2. The Morgan fingerprint density at radius 1 is 1.26 bits per heavy atom. The maximum atomic E-state index is 12.2. The zero-order valence-corrected chi connectivity index (χ0v) is 11.9. The third-order valence-electron chi connectivity index (χ3n) is 2.21. The summed E-state index contributed by atoms with van der Waals surface area (Å²) < 4.78 is 27.5. The summed E-state index contributed by atoms with van der Waals surface area (Å²) in [7, 11) is -3.79. The molecule has 100 valence electrons. The minimum absolute atomic E-state index is 0.0405. The van der Waals surface area contributed by atoms with Crippen molar-refractivity contribution in [2.75, 3.05) is 10.1 Å². The third kappa shape index (κ3) is 3.00. The van der Waals surface area contributed by atoms with Crippen LogP contribution in [0.4, 0.5) is 11.5 Å². The molecular weight excluding hydrogens is 334 g/mol. The molecule has 7 nitrogen and oxygen atoms in total. The predicted octanol–water partition coefficient (Wildman–Crippen LogP) is 1.33. The Labute approximate surface area is 118 Å². The van der Waals surface area contributed by atoms with Gasteiger partial charge in [-0.25, -0.2) is 19.2 Å². The molecule has 0 radical (unpaired) electrons. The van der Waals surface area contributed by atoms with Crippen LogP contribution in [0.25, 0.3) is 0 Å². The first-order valence-electron chi connectivity index (χ1n) is 5.08. The lowest BCUT2D eigenvalue weighted by Crippen LogP contribution is -2.18. The van der Waals surface area contributed by atoms with E-state index in [1.165, 1.54) is 36.8 Å². The molecule has 19 heavy (non-hydrogen) atoms. The lowest BCUT2D eigenvalue weighted by atomic mass is 10.4. The molecular formula is C10H10BrN5O2S. The second-order valence-electron chi connectivity index (χ2n) is 3.46. The van der Waals surface area contributed by atoms with Gasteiger partial charge in [-0.2, -0.15) is 0 Å². The van der Waals surface area contributed by atoms with Crippen LogP contribution in [0.2, 0.25) is 0 Å². The number of pyridine rings is 2. The number of nitrogens with two attached hydrogens (primary N) is 1. The van der Waals surface area contributed by atoms with Crippen molar-refractivity contribution >= 4 is 37.5 Å². The molecule has 0 aromatic carbocycles. The standard InChI is InChI=1S/C10H10BrN5O2S/c11-7-6-13-5-3-8(7)16-19(17,18)9-2-1-4-14-10(9)15-12/h1-6H,12H2,(H,13,16)(H,14,15). The molecule has 0 saturated carbocycles. The lowest BCUT2D eigenvalue weighted by molar-refractivity contribution is 0.601. The van der Waals surface area contributed by atoms with E-state index in [1.54, 1.807) is 0 Å². The van der Waals surface area contributed by atoms with Gasteiger partial charge in [0, 0.05) is 18.6 Å². The van der Waals surface area contributed by atoms with Gasteiger partial charge < -0.3 is 5.43 Å². The molecule has 2 aromatic rings. The highest BCUT2D eigenvalue weighted by Gasteiger charge is 2.19. The van der Waals surface area contributed by atoms with Crippen LogP contribution in [0.5, 0.6) is 0 Å². The molecule has 0 aliphatic carbocycles. The van der Waals surface area contributed by atoms with Crippen molar-refractivity contribution in [1.29, 1.82) is 0 Å². The highest BCUT2D eigenvalue weighted by Crippen LogP contribution is 2.25. The molecule has 2 rings (SSSR count). The van der Waals surface area contributed by atoms with E-state index in [-0.39, 0.29) is 10.7 Å². The van der Waals surface area contributed by atoms with E-state index >= 15 is 0 Å². The molecule has 0 atom stereocenters. The van der Waals surface area contributed by atoms with Gasteiger partial charge in [0.2, 0.25) is 0 Å². The zero-order chi connectivity index (χ0) is 13.9. The zero-order valence-electron chi connectivity index (χ0n) is 9.54. The molecule has 0 aliphatic rings. The molecule has 0 spiro atoms. The maximum Gasteiger partial charge on any atom is 0.265 e. The summed E-state index contributed by atoms with van der Waals surface area (Å²) >= 11 is 3.21. The van der Waals surface area contributed by atoms with E-state index in [0.717, 1.165) is 0 Å². The smallest absolute Gasteiger partial charge is 0.265 e. The molecule has 0 saturated heterocycles. The van der Waals surface area contributed by atoms with E-state index in [1.807, 2.05) is 0 Å². The topological polar surface area (TPSA) is 110 Å². The van der Waals surface area contributed by atoms with Crippen molar-refractivity contribution in [3.05, 3.63) is 41.3 Å². The van der Waals surface area contributed by atoms with Gasteiger partial charge in [-0.05, 0) is 34.1 Å². The Morgan fingerprint density at radius 2 is 2.05 bits per heavy atom. The number of hydrazine groups is 1. The molecule has 4 N–H and O–H groups in total. The van der Waals surface area contributed by atoms with Crippen molar-refractivity contribution in [1.82, 2.24) is 9.97 Å². The van der Waals surface area contributed by atoms with Crippen LogP contribution in [-0.4, -0.2) is 18.4 Å². The van der Waals surface area contributed by atoms with E-state index in [4.69, 9.17) is 5.84 Å². The average Bonchev–Trinajstić information content (AvgIpc) is 2.41. The van der Waals surface area contributed by atoms with Gasteiger partial charge in [-0.3, -0.25) is 9.71 Å². The first-order chi connectivity index (χ1) is 9.04. The minimum atomic E-state index is -3.79. The Hall–Kier alpha value is -1.71. The summed E-state index contributed by atoms with van der Waals surface area (Å²) in [5, 5.41) is 0. The lowest BCUT2D eigenvalue weighted by Gasteiger charge is -2.11. The summed E-state index contributed by atoms with van der Waals surface area (Å²) in [5.41, 5.74) is 2.62. The minimum Gasteiger partial charge on any atom is -0.307 e. The van der Waals surface area contributed by atoms with Crippen LogP contribution in [0.1, 0.15) is 0 Å². The number of nitrogens with one attached hydrogen (secondary N) is 2. The molecule has 2 heterocycles. The van der Waals surface area contributed by atoms with Gasteiger partial charge in [0.1, 0.15) is 4.90 Å². The first kappa shape index (κ1) is 13.7. The number of sulfonamides is 1. The second-order valence-corrected chi connectivity index (χ2v) is 5.96. The fourth-order valence-electron chi connectivity index (χ4n) is 1.37. The Balaban J connectivity index is 2.41. The molecule has 9 heteroatoms. The number of anilines is 2. The van der Waals surface area contributed by atoms with Crippen LogP contribution < -0.4 is 16.0 Å². The van der Waals surface area contributed by atoms with Crippen molar-refractivity contribution in [2.24, 2.45) is 5.84 Å². The van der Waals surface area contributed by atoms with Gasteiger partial charge >= 0.3 is 0 Å². The van der Waals surface area contributed by atoms with Gasteiger partial charge in [-0.1, -0.05) is 0 Å². The number of hydrogen-bond donors (Lipinski definition) is 3. The van der Waals surface area contributed by atoms with Crippen molar-refractivity contribution < 1.29 is 8.42 Å². The molecule has 0 aliphatic heterocycles. The van der Waals surface area contributed by atoms with Crippen molar-refractivity contribution in [3.63, 3.8) is 0 Å². The van der Waals surface area contributed by atoms with E-state index < -0.39 is 10.0 Å². The molecule has 0 fully saturated rings. The van der Waals surface area contributed by atoms with Crippen LogP contribution in [0, 0.1) is 0 Å². The molecule has 0 bridgehead atoms. The number of nitrogens with zero attached hydrogens (tertiary/aromatic N) is 2.